The van der Waals surface area contributed by atoms with Gasteiger partial charge in [-0.25, -0.2) is 0 Å². The van der Waals surface area contributed by atoms with Gasteiger partial charge in [0.15, 0.2) is 0 Å². The van der Waals surface area contributed by atoms with Gasteiger partial charge >= 0.3 is 11.8 Å². The molecule has 3 amide bonds. The summed E-state index contributed by atoms with van der Waals surface area (Å²) in [6.07, 6.45) is 0.775. The average Bonchev–Trinajstić information content (AvgIpc) is 2.50. The number of carbonyl (C=O) groups is 3. The second kappa shape index (κ2) is 8.58. The Morgan fingerprint density at radius 1 is 1.23 bits per heavy atom. The van der Waals surface area contributed by atoms with Crippen molar-refractivity contribution in [2.45, 2.75) is 13.0 Å². The van der Waals surface area contributed by atoms with E-state index in [1.54, 1.807) is 12.1 Å². The Labute approximate surface area is 128 Å². The van der Waals surface area contributed by atoms with Gasteiger partial charge in [-0.15, -0.1) is 6.58 Å². The maximum atomic E-state index is 11.9. The van der Waals surface area contributed by atoms with Gasteiger partial charge in [0.1, 0.15) is 0 Å². The van der Waals surface area contributed by atoms with E-state index in [0.29, 0.717) is 0 Å². The molecule has 1 rings (SSSR count). The van der Waals surface area contributed by atoms with Crippen LogP contribution in [0.3, 0.4) is 0 Å². The van der Waals surface area contributed by atoms with Crippen molar-refractivity contribution in [3.8, 4) is 0 Å². The summed E-state index contributed by atoms with van der Waals surface area (Å²) in [6, 6.07) is 6.32. The van der Waals surface area contributed by atoms with Crippen LogP contribution in [0.25, 0.3) is 0 Å². The Kier molecular flexibility index (Phi) is 6.78. The molecule has 0 bridgehead atoms. The molecule has 0 aliphatic heterocycles. The second-order valence-corrected chi connectivity index (χ2v) is 4.56. The number of carbonyl (C=O) groups excluding carboxylic acids is 3. The van der Waals surface area contributed by atoms with E-state index in [0.717, 1.165) is 0 Å². The smallest absolute Gasteiger partial charge is 0.313 e. The molecule has 118 valence electrons. The van der Waals surface area contributed by atoms with Crippen LogP contribution in [-0.2, 0) is 9.59 Å². The van der Waals surface area contributed by atoms with Gasteiger partial charge in [-0.05, 0) is 19.1 Å². The lowest BCUT2D eigenvalue weighted by Crippen LogP contribution is -2.39. The summed E-state index contributed by atoms with van der Waals surface area (Å²) in [4.78, 5) is 35.3. The Balaban J connectivity index is 2.76. The summed E-state index contributed by atoms with van der Waals surface area (Å²) in [7, 11) is 0. The molecular formula is C15H19N3O4. The topological polar surface area (TPSA) is 108 Å². The largest absolute Gasteiger partial charge is 0.392 e. The van der Waals surface area contributed by atoms with Gasteiger partial charge in [-0.3, -0.25) is 14.4 Å². The molecular weight excluding hydrogens is 286 g/mol. The lowest BCUT2D eigenvalue weighted by Gasteiger charge is -2.11. The third-order valence-corrected chi connectivity index (χ3v) is 2.59. The number of hydrogen-bond acceptors (Lipinski definition) is 4. The van der Waals surface area contributed by atoms with Crippen molar-refractivity contribution in [2.75, 3.05) is 18.4 Å². The molecule has 4 N–H and O–H groups in total. The molecule has 7 nitrogen and oxygen atoms in total. The number of amides is 3. The first-order valence-corrected chi connectivity index (χ1v) is 6.71. The number of hydrogen-bond donors (Lipinski definition) is 4. The molecule has 0 aromatic heterocycles. The Morgan fingerprint density at radius 2 is 1.91 bits per heavy atom. The third kappa shape index (κ3) is 5.37. The van der Waals surface area contributed by atoms with E-state index in [4.69, 9.17) is 5.11 Å². The molecule has 1 aromatic rings. The molecule has 1 aromatic carbocycles. The average molecular weight is 305 g/mol. The monoisotopic (exact) mass is 305 g/mol. The first-order chi connectivity index (χ1) is 10.5. The molecule has 0 unspecified atom stereocenters. The van der Waals surface area contributed by atoms with Crippen LogP contribution >= 0.6 is 0 Å². The van der Waals surface area contributed by atoms with Crippen LogP contribution < -0.4 is 16.0 Å². The molecule has 7 heteroatoms. The maximum Gasteiger partial charge on any atom is 0.313 e. The zero-order chi connectivity index (χ0) is 16.5. The number of aliphatic hydroxyl groups excluding tert-OH is 1. The quantitative estimate of drug-likeness (QED) is 0.439. The highest BCUT2D eigenvalue weighted by Gasteiger charge is 2.17. The number of benzene rings is 1. The van der Waals surface area contributed by atoms with E-state index in [9.17, 15) is 14.4 Å². The molecule has 0 heterocycles. The zero-order valence-electron chi connectivity index (χ0n) is 12.3. The van der Waals surface area contributed by atoms with Crippen molar-refractivity contribution in [3.63, 3.8) is 0 Å². The summed E-state index contributed by atoms with van der Waals surface area (Å²) < 4.78 is 0. The van der Waals surface area contributed by atoms with Crippen molar-refractivity contribution in [2.24, 2.45) is 0 Å². The molecule has 0 aliphatic rings. The van der Waals surface area contributed by atoms with Crippen LogP contribution in [0.4, 0.5) is 5.69 Å². The molecule has 22 heavy (non-hydrogen) atoms. The standard InChI is InChI=1S/C15H19N3O4/c1-3-8-16-13(20)11-6-4-5-7-12(11)18-15(22)14(21)17-9-10(2)19/h3-7,10,19H,1,8-9H2,2H3,(H,16,20)(H,17,21)(H,18,22)/t10-/m1/s1. The van der Waals surface area contributed by atoms with Crippen molar-refractivity contribution >= 4 is 23.4 Å². The van der Waals surface area contributed by atoms with Gasteiger partial charge in [0.2, 0.25) is 0 Å². The number of anilines is 1. The molecule has 1 atom stereocenters. The summed E-state index contributed by atoms with van der Waals surface area (Å²) in [5.41, 5.74) is 0.460. The predicted octanol–water partition coefficient (Wildman–Crippen LogP) is 0.0379. The minimum atomic E-state index is -0.912. The van der Waals surface area contributed by atoms with Crippen LogP contribution in [0.5, 0.6) is 0 Å². The molecule has 0 spiro atoms. The van der Waals surface area contributed by atoms with E-state index < -0.39 is 17.9 Å². The van der Waals surface area contributed by atoms with Crippen LogP contribution in [0, 0.1) is 0 Å². The molecule has 0 radical (unpaired) electrons. The van der Waals surface area contributed by atoms with Crippen molar-refractivity contribution in [3.05, 3.63) is 42.5 Å². The highest BCUT2D eigenvalue weighted by Crippen LogP contribution is 2.14. The first-order valence-electron chi connectivity index (χ1n) is 6.71. The van der Waals surface area contributed by atoms with Crippen molar-refractivity contribution < 1.29 is 19.5 Å². The van der Waals surface area contributed by atoms with Crippen molar-refractivity contribution in [1.29, 1.82) is 0 Å². The Morgan fingerprint density at radius 3 is 2.55 bits per heavy atom. The third-order valence-electron chi connectivity index (χ3n) is 2.59. The molecule has 0 saturated carbocycles. The fourth-order valence-corrected chi connectivity index (χ4v) is 1.55. The molecule has 0 saturated heterocycles. The second-order valence-electron chi connectivity index (χ2n) is 4.56. The highest BCUT2D eigenvalue weighted by atomic mass is 16.3. The van der Waals surface area contributed by atoms with Gasteiger partial charge in [0.25, 0.3) is 5.91 Å². The number of aliphatic hydroxyl groups is 1. The normalized spacial score (nSPS) is 11.2. The SMILES string of the molecule is C=CCNC(=O)c1ccccc1NC(=O)C(=O)NC[C@@H](C)O. The number of nitrogens with one attached hydrogen (secondary N) is 3. The van der Waals surface area contributed by atoms with Crippen LogP contribution in [-0.4, -0.2) is 42.0 Å². The van der Waals surface area contributed by atoms with E-state index >= 15 is 0 Å². The fraction of sp³-hybridized carbons (Fsp3) is 0.267. The lowest BCUT2D eigenvalue weighted by molar-refractivity contribution is -0.136. The van der Waals surface area contributed by atoms with Gasteiger partial charge in [-0.2, -0.15) is 0 Å². The highest BCUT2D eigenvalue weighted by molar-refractivity contribution is 6.40. The number of rotatable bonds is 6. The van der Waals surface area contributed by atoms with Gasteiger partial charge in [-0.1, -0.05) is 18.2 Å². The Bertz CT molecular complexity index is 570. The van der Waals surface area contributed by atoms with E-state index in [2.05, 4.69) is 22.5 Å². The summed E-state index contributed by atoms with van der Waals surface area (Å²) in [6.45, 7) is 5.23. The molecule has 0 fully saturated rings. The zero-order valence-corrected chi connectivity index (χ0v) is 12.3. The van der Waals surface area contributed by atoms with E-state index in [-0.39, 0.29) is 30.2 Å². The maximum absolute atomic E-state index is 11.9. The number of para-hydroxylation sites is 1. The van der Waals surface area contributed by atoms with Gasteiger partial charge in [0.05, 0.1) is 17.4 Å². The van der Waals surface area contributed by atoms with Crippen LogP contribution in [0.15, 0.2) is 36.9 Å². The Hall–Kier alpha value is -2.67. The van der Waals surface area contributed by atoms with Crippen molar-refractivity contribution in [1.82, 2.24) is 10.6 Å². The fourth-order valence-electron chi connectivity index (χ4n) is 1.55. The predicted molar refractivity (Wildman–Crippen MR) is 82.3 cm³/mol. The van der Waals surface area contributed by atoms with Crippen LogP contribution in [0.1, 0.15) is 17.3 Å². The summed E-state index contributed by atoms with van der Waals surface area (Å²) >= 11 is 0. The van der Waals surface area contributed by atoms with Gasteiger partial charge in [0, 0.05) is 13.1 Å². The summed E-state index contributed by atoms with van der Waals surface area (Å²) in [5, 5.41) is 16.3. The lowest BCUT2D eigenvalue weighted by atomic mass is 10.1. The summed E-state index contributed by atoms with van der Waals surface area (Å²) in [5.74, 6) is -2.19. The minimum Gasteiger partial charge on any atom is -0.392 e. The van der Waals surface area contributed by atoms with E-state index in [1.807, 2.05) is 0 Å². The minimum absolute atomic E-state index is 0.0340. The molecule has 0 aliphatic carbocycles. The van der Waals surface area contributed by atoms with Crippen LogP contribution in [0.2, 0.25) is 0 Å². The van der Waals surface area contributed by atoms with Gasteiger partial charge < -0.3 is 21.1 Å². The van der Waals surface area contributed by atoms with E-state index in [1.165, 1.54) is 25.1 Å². The first kappa shape index (κ1) is 17.4.